The number of fused-ring (bicyclic) bond motifs is 1. The highest BCUT2D eigenvalue weighted by atomic mass is 16.5. The Morgan fingerprint density at radius 1 is 1.32 bits per heavy atom. The van der Waals surface area contributed by atoms with Crippen LogP contribution in [0.15, 0.2) is 39.4 Å². The SMILES string of the molecule is CCc1c(-c2oncc2C(=O)O)oc2ccccc12. The molecule has 0 amide bonds. The normalized spacial score (nSPS) is 11.0. The Kier molecular flexibility index (Phi) is 2.59. The first-order valence-electron chi connectivity index (χ1n) is 5.91. The first-order valence-corrected chi connectivity index (χ1v) is 5.91. The third-order valence-electron chi connectivity index (χ3n) is 3.06. The lowest BCUT2D eigenvalue weighted by molar-refractivity contribution is 0.0697. The van der Waals surface area contributed by atoms with Gasteiger partial charge in [-0.15, -0.1) is 0 Å². The summed E-state index contributed by atoms with van der Waals surface area (Å²) in [6.45, 7) is 1.98. The zero-order valence-electron chi connectivity index (χ0n) is 10.2. The molecule has 0 spiro atoms. The summed E-state index contributed by atoms with van der Waals surface area (Å²) in [4.78, 5) is 11.1. The number of aromatic carboxylic acids is 1. The Bertz CT molecular complexity index is 754. The van der Waals surface area contributed by atoms with Crippen molar-refractivity contribution in [2.45, 2.75) is 13.3 Å². The molecule has 0 atom stereocenters. The van der Waals surface area contributed by atoms with Crippen LogP contribution in [0.2, 0.25) is 0 Å². The van der Waals surface area contributed by atoms with E-state index in [1.807, 2.05) is 31.2 Å². The molecule has 5 heteroatoms. The highest BCUT2D eigenvalue weighted by Crippen LogP contribution is 2.35. The minimum atomic E-state index is -1.08. The summed E-state index contributed by atoms with van der Waals surface area (Å²) in [5.41, 5.74) is 1.64. The third-order valence-corrected chi connectivity index (χ3v) is 3.06. The van der Waals surface area contributed by atoms with Crippen molar-refractivity contribution >= 4 is 16.9 Å². The van der Waals surface area contributed by atoms with E-state index >= 15 is 0 Å². The second-order valence-electron chi connectivity index (χ2n) is 4.13. The molecule has 3 rings (SSSR count). The Morgan fingerprint density at radius 2 is 2.11 bits per heavy atom. The molecule has 0 unspecified atom stereocenters. The van der Waals surface area contributed by atoms with E-state index in [2.05, 4.69) is 5.16 Å². The maximum Gasteiger partial charge on any atom is 0.341 e. The Balaban J connectivity index is 2.30. The Labute approximate surface area is 108 Å². The number of carboxylic acid groups (broad SMARTS) is 1. The molecule has 2 aromatic heterocycles. The number of benzene rings is 1. The largest absolute Gasteiger partial charge is 0.477 e. The van der Waals surface area contributed by atoms with E-state index in [1.54, 1.807) is 0 Å². The molecule has 2 heterocycles. The van der Waals surface area contributed by atoms with E-state index in [0.717, 1.165) is 10.9 Å². The molecule has 0 aliphatic rings. The molecule has 0 fully saturated rings. The van der Waals surface area contributed by atoms with Gasteiger partial charge in [0.2, 0.25) is 5.76 Å². The zero-order chi connectivity index (χ0) is 13.4. The van der Waals surface area contributed by atoms with Crippen LogP contribution in [0.5, 0.6) is 0 Å². The molecule has 5 nitrogen and oxygen atoms in total. The van der Waals surface area contributed by atoms with Crippen LogP contribution in [-0.2, 0) is 6.42 Å². The first kappa shape index (κ1) is 11.5. The standard InChI is InChI=1S/C14H11NO4/c1-2-8-9-5-3-4-6-11(9)18-12(8)13-10(14(16)17)7-15-19-13/h3-7H,2H2,1H3,(H,16,17). The number of aromatic nitrogens is 1. The van der Waals surface area contributed by atoms with Crippen LogP contribution in [-0.4, -0.2) is 16.2 Å². The van der Waals surface area contributed by atoms with E-state index < -0.39 is 5.97 Å². The Hall–Kier alpha value is -2.56. The average molecular weight is 257 g/mol. The Morgan fingerprint density at radius 3 is 2.84 bits per heavy atom. The molecule has 0 saturated carbocycles. The monoisotopic (exact) mass is 257 g/mol. The molecule has 0 radical (unpaired) electrons. The highest BCUT2D eigenvalue weighted by Gasteiger charge is 2.24. The van der Waals surface area contributed by atoms with Crippen LogP contribution in [0.4, 0.5) is 0 Å². The van der Waals surface area contributed by atoms with Gasteiger partial charge in [-0.1, -0.05) is 30.3 Å². The summed E-state index contributed by atoms with van der Waals surface area (Å²) in [6, 6.07) is 7.57. The van der Waals surface area contributed by atoms with Crippen LogP contribution >= 0.6 is 0 Å². The van der Waals surface area contributed by atoms with Gasteiger partial charge >= 0.3 is 5.97 Å². The second kappa shape index (κ2) is 4.28. The van der Waals surface area contributed by atoms with Gasteiger partial charge in [0.05, 0.1) is 6.20 Å². The average Bonchev–Trinajstić information content (AvgIpc) is 3.02. The van der Waals surface area contributed by atoms with Gasteiger partial charge in [0, 0.05) is 10.9 Å². The zero-order valence-corrected chi connectivity index (χ0v) is 10.2. The van der Waals surface area contributed by atoms with Crippen LogP contribution in [0.3, 0.4) is 0 Å². The molecular formula is C14H11NO4. The van der Waals surface area contributed by atoms with Gasteiger partial charge in [-0.25, -0.2) is 4.79 Å². The number of furan rings is 1. The maximum atomic E-state index is 11.1. The number of nitrogens with zero attached hydrogens (tertiary/aromatic N) is 1. The van der Waals surface area contributed by atoms with Crippen LogP contribution < -0.4 is 0 Å². The molecule has 1 N–H and O–H groups in total. The summed E-state index contributed by atoms with van der Waals surface area (Å²) in [7, 11) is 0. The molecular weight excluding hydrogens is 246 g/mol. The number of hydrogen-bond acceptors (Lipinski definition) is 4. The minimum absolute atomic E-state index is 0.00811. The van der Waals surface area contributed by atoms with Crippen molar-refractivity contribution < 1.29 is 18.8 Å². The lowest BCUT2D eigenvalue weighted by Crippen LogP contribution is -1.96. The molecule has 3 aromatic rings. The van der Waals surface area contributed by atoms with Gasteiger partial charge in [0.1, 0.15) is 11.1 Å². The summed E-state index contributed by atoms with van der Waals surface area (Å²) in [5, 5.41) is 13.6. The van der Waals surface area contributed by atoms with Gasteiger partial charge in [0.15, 0.2) is 5.76 Å². The van der Waals surface area contributed by atoms with Crippen molar-refractivity contribution in [1.82, 2.24) is 5.16 Å². The minimum Gasteiger partial charge on any atom is -0.477 e. The lowest BCUT2D eigenvalue weighted by atomic mass is 10.1. The number of carboxylic acids is 1. The predicted molar refractivity (Wildman–Crippen MR) is 68.0 cm³/mol. The lowest BCUT2D eigenvalue weighted by Gasteiger charge is -1.97. The van der Waals surface area contributed by atoms with Gasteiger partial charge in [-0.2, -0.15) is 0 Å². The summed E-state index contributed by atoms with van der Waals surface area (Å²) in [5.74, 6) is -0.474. The van der Waals surface area contributed by atoms with Crippen molar-refractivity contribution in [3.63, 3.8) is 0 Å². The fraction of sp³-hybridized carbons (Fsp3) is 0.143. The molecule has 19 heavy (non-hydrogen) atoms. The maximum absolute atomic E-state index is 11.1. The molecule has 0 bridgehead atoms. The van der Waals surface area contributed by atoms with Crippen molar-refractivity contribution in [3.05, 3.63) is 41.6 Å². The first-order chi connectivity index (χ1) is 9.22. The summed E-state index contributed by atoms with van der Waals surface area (Å²) < 4.78 is 10.8. The topological polar surface area (TPSA) is 76.5 Å². The van der Waals surface area contributed by atoms with Crippen molar-refractivity contribution in [2.24, 2.45) is 0 Å². The van der Waals surface area contributed by atoms with Gasteiger partial charge in [-0.3, -0.25) is 0 Å². The van der Waals surface area contributed by atoms with Crippen molar-refractivity contribution in [2.75, 3.05) is 0 Å². The summed E-state index contributed by atoms with van der Waals surface area (Å²) in [6.07, 6.45) is 1.90. The number of para-hydroxylation sites is 1. The van der Waals surface area contributed by atoms with Gasteiger partial charge in [0.25, 0.3) is 0 Å². The highest BCUT2D eigenvalue weighted by molar-refractivity contribution is 5.96. The molecule has 0 aliphatic heterocycles. The molecule has 1 aromatic carbocycles. The van der Waals surface area contributed by atoms with Crippen LogP contribution in [0, 0.1) is 0 Å². The fourth-order valence-corrected chi connectivity index (χ4v) is 2.19. The van der Waals surface area contributed by atoms with Crippen LogP contribution in [0.1, 0.15) is 22.8 Å². The second-order valence-corrected chi connectivity index (χ2v) is 4.13. The fourth-order valence-electron chi connectivity index (χ4n) is 2.19. The van der Waals surface area contributed by atoms with Gasteiger partial charge < -0.3 is 14.0 Å². The number of carbonyl (C=O) groups is 1. The number of aryl methyl sites for hydroxylation is 1. The van der Waals surface area contributed by atoms with Crippen LogP contribution in [0.25, 0.3) is 22.5 Å². The quantitative estimate of drug-likeness (QED) is 0.778. The van der Waals surface area contributed by atoms with E-state index in [4.69, 9.17) is 14.0 Å². The van der Waals surface area contributed by atoms with E-state index in [9.17, 15) is 4.79 Å². The van der Waals surface area contributed by atoms with Crippen molar-refractivity contribution in [3.8, 4) is 11.5 Å². The van der Waals surface area contributed by atoms with Gasteiger partial charge in [-0.05, 0) is 12.5 Å². The predicted octanol–water partition coefficient (Wildman–Crippen LogP) is 3.35. The van der Waals surface area contributed by atoms with E-state index in [0.29, 0.717) is 17.8 Å². The number of hydrogen-bond donors (Lipinski definition) is 1. The summed E-state index contributed by atoms with van der Waals surface area (Å²) >= 11 is 0. The smallest absolute Gasteiger partial charge is 0.341 e. The number of rotatable bonds is 3. The third kappa shape index (κ3) is 1.71. The van der Waals surface area contributed by atoms with E-state index in [1.165, 1.54) is 6.20 Å². The van der Waals surface area contributed by atoms with Crippen molar-refractivity contribution in [1.29, 1.82) is 0 Å². The van der Waals surface area contributed by atoms with E-state index in [-0.39, 0.29) is 11.3 Å². The molecule has 0 saturated heterocycles. The molecule has 96 valence electrons. The molecule has 0 aliphatic carbocycles.